The number of nitrogens with zero attached hydrogens (tertiary/aromatic N) is 3. The third-order valence-corrected chi connectivity index (χ3v) is 12.7. The van der Waals surface area contributed by atoms with Crippen LogP contribution in [0.1, 0.15) is 93.1 Å². The van der Waals surface area contributed by atoms with Crippen molar-refractivity contribution in [3.05, 3.63) is 101 Å². The Labute approximate surface area is 353 Å². The number of hydrogen-bond donors (Lipinski definition) is 2. The monoisotopic (exact) mass is 821 g/mol. The zero-order valence-electron chi connectivity index (χ0n) is 34.9. The zero-order valence-corrected chi connectivity index (χ0v) is 34.9. The molecule has 1 amide bonds. The number of oxime groups is 1. The summed E-state index contributed by atoms with van der Waals surface area (Å²) >= 11 is 0. The van der Waals surface area contributed by atoms with Crippen molar-refractivity contribution in [2.75, 3.05) is 33.2 Å². The number of aromatic nitrogens is 1. The average Bonchev–Trinajstić information content (AvgIpc) is 4.01. The molecule has 60 heavy (non-hydrogen) atoms. The number of hydrogen-bond acceptors (Lipinski definition) is 11. The van der Waals surface area contributed by atoms with Crippen LogP contribution in [-0.4, -0.2) is 76.8 Å². The third-order valence-electron chi connectivity index (χ3n) is 12.7. The molecule has 0 saturated heterocycles. The lowest BCUT2D eigenvalue weighted by molar-refractivity contribution is -0.258. The number of ether oxygens (including phenoxy) is 5. The van der Waals surface area contributed by atoms with Crippen LogP contribution >= 0.6 is 0 Å². The molecule has 12 heteroatoms. The fraction of sp³-hybridized carbons (Fsp3) is 0.521. The Morgan fingerprint density at radius 1 is 1.02 bits per heavy atom. The second-order valence-corrected chi connectivity index (χ2v) is 16.7. The molecule has 3 heterocycles. The van der Waals surface area contributed by atoms with E-state index in [0.29, 0.717) is 62.0 Å². The maximum Gasteiger partial charge on any atom is 0.239 e. The van der Waals surface area contributed by atoms with E-state index < -0.39 is 17.7 Å². The molecule has 3 aromatic rings. The van der Waals surface area contributed by atoms with Crippen molar-refractivity contribution in [1.82, 2.24) is 9.88 Å². The summed E-state index contributed by atoms with van der Waals surface area (Å²) in [6.45, 7) is 9.53. The van der Waals surface area contributed by atoms with E-state index in [9.17, 15) is 15.0 Å². The fourth-order valence-electron chi connectivity index (χ4n) is 9.86. The van der Waals surface area contributed by atoms with Gasteiger partial charge < -0.3 is 43.6 Å². The van der Waals surface area contributed by atoms with E-state index in [1.54, 1.807) is 6.08 Å². The molecular weight excluding hydrogens is 763 g/mol. The topological polar surface area (TPSA) is 141 Å². The van der Waals surface area contributed by atoms with Crippen LogP contribution in [0.5, 0.6) is 23.0 Å². The first-order valence-corrected chi connectivity index (χ1v) is 21.8. The Balaban J connectivity index is 1.30. The van der Waals surface area contributed by atoms with Gasteiger partial charge in [-0.05, 0) is 118 Å². The van der Waals surface area contributed by atoms with Crippen LogP contribution < -0.4 is 18.9 Å². The highest BCUT2D eigenvalue weighted by atomic mass is 16.7. The summed E-state index contributed by atoms with van der Waals surface area (Å²) in [4.78, 5) is 27.4. The van der Waals surface area contributed by atoms with E-state index >= 15 is 0 Å². The second kappa shape index (κ2) is 18.8. The molecule has 1 aromatic heterocycles. The zero-order chi connectivity index (χ0) is 41.6. The Morgan fingerprint density at radius 2 is 1.82 bits per heavy atom. The van der Waals surface area contributed by atoms with E-state index in [2.05, 4.69) is 23.7 Å². The minimum atomic E-state index is -1.34. The molecule has 6 unspecified atom stereocenters. The van der Waals surface area contributed by atoms with Gasteiger partial charge in [0.2, 0.25) is 18.5 Å². The number of unbranched alkanes of at least 4 members (excludes halogenated alkanes) is 2. The number of aryl methyl sites for hydroxylation is 1. The number of benzene rings is 2. The Kier molecular flexibility index (Phi) is 13.1. The number of amides is 1. The number of carbonyl (C=O) groups excluding carboxylic acids is 1. The average molecular weight is 822 g/mol. The molecule has 2 N–H and O–H groups in total. The van der Waals surface area contributed by atoms with E-state index in [4.69, 9.17) is 33.7 Å². The van der Waals surface area contributed by atoms with Crippen molar-refractivity contribution in [3.8, 4) is 23.0 Å². The fourth-order valence-corrected chi connectivity index (χ4v) is 9.86. The molecule has 12 nitrogen and oxygen atoms in total. The van der Waals surface area contributed by atoms with Crippen LogP contribution in [0, 0.1) is 30.6 Å². The molecule has 2 saturated carbocycles. The number of pyridine rings is 1. The summed E-state index contributed by atoms with van der Waals surface area (Å²) in [5, 5.41) is 24.7. The third kappa shape index (κ3) is 8.64. The van der Waals surface area contributed by atoms with E-state index in [0.717, 1.165) is 72.3 Å². The summed E-state index contributed by atoms with van der Waals surface area (Å²) in [7, 11) is 0. The minimum absolute atomic E-state index is 0.0547. The van der Waals surface area contributed by atoms with Crippen LogP contribution in [-0.2, 0) is 27.5 Å². The molecule has 5 aliphatic rings. The van der Waals surface area contributed by atoms with E-state index in [-0.39, 0.29) is 56.2 Å². The molecule has 2 fully saturated rings. The smallest absolute Gasteiger partial charge is 0.239 e. The van der Waals surface area contributed by atoms with E-state index in [1.165, 1.54) is 0 Å². The largest absolute Gasteiger partial charge is 0.487 e. The van der Waals surface area contributed by atoms with E-state index in [1.807, 2.05) is 67.3 Å². The summed E-state index contributed by atoms with van der Waals surface area (Å²) in [5.74, 6) is 0.987. The van der Waals surface area contributed by atoms with Gasteiger partial charge in [-0.15, -0.1) is 6.58 Å². The lowest BCUT2D eigenvalue weighted by Gasteiger charge is -2.60. The molecule has 0 spiro atoms. The van der Waals surface area contributed by atoms with Gasteiger partial charge in [0.05, 0.1) is 23.9 Å². The Hall–Kier alpha value is -4.91. The molecule has 0 radical (unpaired) electrons. The first-order valence-electron chi connectivity index (χ1n) is 21.8. The van der Waals surface area contributed by atoms with Gasteiger partial charge in [0.15, 0.2) is 11.5 Å². The minimum Gasteiger partial charge on any atom is -0.487 e. The summed E-state index contributed by atoms with van der Waals surface area (Å²) in [6.07, 6.45) is 10.9. The number of allylic oxidation sites excluding steroid dienone is 1. The van der Waals surface area contributed by atoms with Gasteiger partial charge in [-0.3, -0.25) is 9.78 Å². The number of fused-ring (bicyclic) bond motifs is 3. The predicted molar refractivity (Wildman–Crippen MR) is 226 cm³/mol. The normalized spacial score (nSPS) is 25.4. The number of aliphatic hydroxyl groups is 2. The Bertz CT molecular complexity index is 2070. The van der Waals surface area contributed by atoms with Gasteiger partial charge in [-0.25, -0.2) is 0 Å². The van der Waals surface area contributed by atoms with Crippen molar-refractivity contribution in [2.24, 2.45) is 28.8 Å². The highest BCUT2D eigenvalue weighted by Gasteiger charge is 2.66. The van der Waals surface area contributed by atoms with Crippen molar-refractivity contribution in [3.63, 3.8) is 0 Å². The lowest BCUT2D eigenvalue weighted by Crippen LogP contribution is -2.70. The first-order chi connectivity index (χ1) is 29.4. The number of aliphatic hydroxyl groups excluding tert-OH is 2. The molecular formula is C48H59N3O9. The molecule has 320 valence electrons. The Morgan fingerprint density at radius 3 is 2.58 bits per heavy atom. The van der Waals surface area contributed by atoms with Gasteiger partial charge in [-0.1, -0.05) is 42.3 Å². The maximum atomic E-state index is 14.8. The van der Waals surface area contributed by atoms with Gasteiger partial charge in [0, 0.05) is 49.3 Å². The van der Waals surface area contributed by atoms with Gasteiger partial charge in [0.1, 0.15) is 30.8 Å². The highest BCUT2D eigenvalue weighted by molar-refractivity contribution is 6.03. The molecule has 2 aromatic carbocycles. The van der Waals surface area contributed by atoms with Crippen molar-refractivity contribution >= 4 is 11.6 Å². The summed E-state index contributed by atoms with van der Waals surface area (Å²) in [6, 6.07) is 17.2. The first kappa shape index (κ1) is 41.8. The van der Waals surface area contributed by atoms with Gasteiger partial charge in [-0.2, -0.15) is 0 Å². The van der Waals surface area contributed by atoms with Crippen LogP contribution in [0.4, 0.5) is 0 Å². The number of rotatable bonds is 20. The second-order valence-electron chi connectivity index (χ2n) is 16.7. The van der Waals surface area contributed by atoms with Crippen molar-refractivity contribution in [2.45, 2.75) is 103 Å². The quantitative estimate of drug-likeness (QED) is 0.0660. The SMILES string of the molecule is C=CCOC12Oc3ccc(OCc4cccc(C)n4)cc3C3C(CCCCO)C(CCCCO)C=C(C(=NOCC)CC1N(Cc1ccc4c(c1)OCO4)C(=O)C1CC1)C32. The van der Waals surface area contributed by atoms with Crippen LogP contribution in [0.3, 0.4) is 0 Å². The summed E-state index contributed by atoms with van der Waals surface area (Å²) in [5.41, 5.74) is 5.46. The van der Waals surface area contributed by atoms with Crippen molar-refractivity contribution < 1.29 is 43.5 Å². The van der Waals surface area contributed by atoms with Gasteiger partial charge in [0.25, 0.3) is 0 Å². The molecule has 3 aliphatic carbocycles. The summed E-state index contributed by atoms with van der Waals surface area (Å²) < 4.78 is 32.5. The number of carbonyl (C=O) groups is 1. The molecule has 8 rings (SSSR count). The van der Waals surface area contributed by atoms with Gasteiger partial charge >= 0.3 is 0 Å². The maximum absolute atomic E-state index is 14.8. The lowest BCUT2D eigenvalue weighted by atomic mass is 9.55. The van der Waals surface area contributed by atoms with Crippen molar-refractivity contribution in [1.29, 1.82) is 0 Å². The molecule has 2 aliphatic heterocycles. The molecule has 0 bridgehead atoms. The molecule has 6 atom stereocenters. The highest BCUT2D eigenvalue weighted by Crippen LogP contribution is 2.62. The van der Waals surface area contributed by atoms with Crippen LogP contribution in [0.15, 0.2) is 84.1 Å². The van der Waals surface area contributed by atoms with Crippen LogP contribution in [0.25, 0.3) is 0 Å². The standard InChI is InChI=1S/C48H59N3O9/c1-4-23-58-48-44(51(47(54)33-16-17-33)28-32-15-19-42-43(24-32)57-30-56-42)27-40(50-59-5-2)38-25-34(12-6-8-21-52)37(14-7-9-22-53)45(46(38)48)39-26-36(18-20-41(39)60-48)55-29-35-13-10-11-31(3)49-35/h4,10-11,13,15,18-20,24-26,33-34,37,44-46,52-53H,1,5-9,12,14,16-17,21-23,27-30H2,2-3H3. The predicted octanol–water partition coefficient (Wildman–Crippen LogP) is 7.79. The van der Waals surface area contributed by atoms with Crippen LogP contribution in [0.2, 0.25) is 0 Å².